The van der Waals surface area contributed by atoms with Gasteiger partial charge in [-0.15, -0.1) is 0 Å². The van der Waals surface area contributed by atoms with E-state index in [1.54, 1.807) is 0 Å². The van der Waals surface area contributed by atoms with Crippen molar-refractivity contribution in [2.24, 2.45) is 0 Å². The van der Waals surface area contributed by atoms with Crippen molar-refractivity contribution in [3.63, 3.8) is 0 Å². The van der Waals surface area contributed by atoms with E-state index in [4.69, 9.17) is 162 Å². The molecule has 0 aliphatic carbocycles. The Labute approximate surface area is 431 Å². The number of H-pyrrole nitrogens is 2. The van der Waals surface area contributed by atoms with Crippen LogP contribution in [0, 0.1) is 0 Å². The Morgan fingerprint density at radius 3 is 1.15 bits per heavy atom. The Hall–Kier alpha value is -3.55. The second-order valence-corrected chi connectivity index (χ2v) is 21.7. The third kappa shape index (κ3) is 7.27. The van der Waals surface area contributed by atoms with Crippen molar-refractivity contribution in [1.29, 1.82) is 0 Å². The van der Waals surface area contributed by atoms with Gasteiger partial charge in [0.05, 0.1) is 83.3 Å². The SMILES string of the molecule is CC(C)(C)c1cc(Oc2c(Cl)c(Cl)c3c(c2Cl)-c2nc-3nc3[nH]c(nc4nc(nc5[nH]c(n2)c2c(Cl)c(Cl)c(Cl)c(Cl)c52)-c2c(Cl)c(Cl)c(Cl)c(Cl)c2-4)c2ccccc32)cc(C(C)(C)C)c1. The smallest absolute Gasteiger partial charge is 0.166 e. The molecule has 5 heterocycles. The zero-order valence-electron chi connectivity index (χ0n) is 34.8. The van der Waals surface area contributed by atoms with Gasteiger partial charge in [0.1, 0.15) is 33.4 Å². The summed E-state index contributed by atoms with van der Waals surface area (Å²) in [5, 5.41) is 1.82. The van der Waals surface area contributed by atoms with Gasteiger partial charge in [-0.2, -0.15) is 0 Å². The van der Waals surface area contributed by atoms with E-state index in [9.17, 15) is 0 Å². The van der Waals surface area contributed by atoms with Crippen LogP contribution in [0.3, 0.4) is 0 Å². The number of ether oxygens (including phenoxy) is 1. The lowest BCUT2D eigenvalue weighted by molar-refractivity contribution is 0.474. The van der Waals surface area contributed by atoms with Crippen molar-refractivity contribution in [1.82, 2.24) is 39.9 Å². The van der Waals surface area contributed by atoms with Gasteiger partial charge in [-0.25, -0.2) is 29.9 Å². The third-order valence-corrected chi connectivity index (χ3v) is 16.0. The number of hydrogen-bond acceptors (Lipinski definition) is 7. The summed E-state index contributed by atoms with van der Waals surface area (Å²) < 4.78 is 6.66. The van der Waals surface area contributed by atoms with Gasteiger partial charge in [0.25, 0.3) is 0 Å². The molecule has 8 bridgehead atoms. The monoisotopic (exact) mass is 1090 g/mol. The lowest BCUT2D eigenvalue weighted by atomic mass is 9.80. The minimum Gasteiger partial charge on any atom is -0.454 e. The van der Waals surface area contributed by atoms with Gasteiger partial charge in [0, 0.05) is 10.8 Å². The Morgan fingerprint density at radius 1 is 0.394 bits per heavy atom. The van der Waals surface area contributed by atoms with Crippen LogP contribution in [0.2, 0.25) is 55.2 Å². The third-order valence-electron chi connectivity index (χ3n) is 11.2. The summed E-state index contributed by atoms with van der Waals surface area (Å²) in [6.07, 6.45) is 0. The maximum Gasteiger partial charge on any atom is 0.166 e. The molecule has 66 heavy (non-hydrogen) atoms. The first kappa shape index (κ1) is 46.2. The minimum atomic E-state index is -0.225. The van der Waals surface area contributed by atoms with Gasteiger partial charge in [-0.05, 0) is 34.1 Å². The van der Waals surface area contributed by atoms with Crippen LogP contribution >= 0.6 is 128 Å². The molecule has 0 amide bonds. The van der Waals surface area contributed by atoms with Gasteiger partial charge in [-0.1, -0.05) is 199 Å². The van der Waals surface area contributed by atoms with Gasteiger partial charge in [0.2, 0.25) is 0 Å². The molecule has 0 atom stereocenters. The Kier molecular flexibility index (Phi) is 11.4. The number of aromatic amines is 2. The molecule has 334 valence electrons. The molecule has 9 nitrogen and oxygen atoms in total. The van der Waals surface area contributed by atoms with E-state index in [0.29, 0.717) is 27.8 Å². The van der Waals surface area contributed by atoms with E-state index >= 15 is 0 Å². The predicted molar refractivity (Wildman–Crippen MR) is 275 cm³/mol. The van der Waals surface area contributed by atoms with Crippen molar-refractivity contribution < 1.29 is 4.74 Å². The van der Waals surface area contributed by atoms with Gasteiger partial charge < -0.3 is 14.7 Å². The number of hydrogen-bond donors (Lipinski definition) is 2. The van der Waals surface area contributed by atoms with Gasteiger partial charge in [0.15, 0.2) is 29.0 Å². The maximum atomic E-state index is 7.45. The predicted octanol–water partition coefficient (Wildman–Crippen LogP) is 18.4. The molecule has 2 aliphatic rings. The van der Waals surface area contributed by atoms with E-state index in [2.05, 4.69) is 57.6 Å². The van der Waals surface area contributed by atoms with Crippen LogP contribution in [-0.4, -0.2) is 39.9 Å². The molecule has 0 radical (unpaired) electrons. The topological polar surface area (TPSA) is 118 Å². The minimum absolute atomic E-state index is 0.00171. The average Bonchev–Trinajstić information content (AvgIpc) is 4.01. The molecule has 5 aromatic carbocycles. The Balaban J connectivity index is 1.36. The van der Waals surface area contributed by atoms with Crippen LogP contribution < -0.4 is 4.74 Å². The molecule has 20 heteroatoms. The van der Waals surface area contributed by atoms with Gasteiger partial charge in [-0.3, -0.25) is 0 Å². The number of aromatic nitrogens is 8. The van der Waals surface area contributed by atoms with Crippen molar-refractivity contribution in [2.75, 3.05) is 0 Å². The normalized spacial score (nSPS) is 12.6. The zero-order valence-corrected chi connectivity index (χ0v) is 43.1. The molecular weight excluding hydrogens is 1070 g/mol. The number of halogens is 11. The van der Waals surface area contributed by atoms with Crippen LogP contribution in [0.15, 0.2) is 42.5 Å². The lowest BCUT2D eigenvalue weighted by Gasteiger charge is -2.26. The summed E-state index contributed by atoms with van der Waals surface area (Å²) in [7, 11) is 0. The molecule has 0 saturated carbocycles. The van der Waals surface area contributed by atoms with Crippen LogP contribution in [0.1, 0.15) is 52.7 Å². The summed E-state index contributed by atoms with van der Waals surface area (Å²) in [4.78, 5) is 36.4. The fourth-order valence-electron chi connectivity index (χ4n) is 7.81. The van der Waals surface area contributed by atoms with Crippen molar-refractivity contribution in [3.8, 4) is 57.1 Å². The molecule has 10 rings (SSSR count). The average molecular weight is 1100 g/mol. The van der Waals surface area contributed by atoms with E-state index in [1.165, 1.54) is 0 Å². The molecule has 3 aromatic heterocycles. The number of rotatable bonds is 2. The zero-order chi connectivity index (χ0) is 47.2. The highest BCUT2D eigenvalue weighted by Gasteiger charge is 2.34. The largest absolute Gasteiger partial charge is 0.454 e. The lowest BCUT2D eigenvalue weighted by Crippen LogP contribution is -2.16. The van der Waals surface area contributed by atoms with Crippen molar-refractivity contribution in [3.05, 3.63) is 109 Å². The quantitative estimate of drug-likeness (QED) is 0.131. The number of benzene rings is 5. The first-order valence-electron chi connectivity index (χ1n) is 19.7. The van der Waals surface area contributed by atoms with Crippen molar-refractivity contribution >= 4 is 172 Å². The summed E-state index contributed by atoms with van der Waals surface area (Å²) >= 11 is 76.5. The second-order valence-electron chi connectivity index (χ2n) is 17.5. The molecular formula is C46H27Cl11N8O. The van der Waals surface area contributed by atoms with Crippen molar-refractivity contribution in [2.45, 2.75) is 52.4 Å². The summed E-state index contributed by atoms with van der Waals surface area (Å²) in [5.74, 6) is 0.822. The highest BCUT2D eigenvalue weighted by Crippen LogP contribution is 2.55. The highest BCUT2D eigenvalue weighted by molar-refractivity contribution is 6.57. The summed E-state index contributed by atoms with van der Waals surface area (Å²) in [6.45, 7) is 12.8. The summed E-state index contributed by atoms with van der Waals surface area (Å²) in [6, 6.07) is 13.5. The first-order valence-corrected chi connectivity index (χ1v) is 23.9. The molecule has 0 fully saturated rings. The highest BCUT2D eigenvalue weighted by atomic mass is 35.5. The van der Waals surface area contributed by atoms with Crippen LogP contribution in [-0.2, 0) is 10.8 Å². The summed E-state index contributed by atoms with van der Waals surface area (Å²) in [5.41, 5.74) is 3.51. The first-order chi connectivity index (χ1) is 31.0. The fraction of sp³-hybridized carbons (Fsp3) is 0.174. The molecule has 0 unspecified atom stereocenters. The molecule has 8 aromatic rings. The van der Waals surface area contributed by atoms with E-state index in [-0.39, 0.29) is 139 Å². The standard InChI is InChI=1S/C46H27Cl11N8O/c1-45(2,3)14-11-15(46(4,5)6)13-16(12-14)66-36-30(52)24-23(29(51)35(36)57)40-60-38-18-10-8-7-9-17(18)37(58-38)59-39-19-20(26(48)32(54)31(53)25(19)47)41(61-39)63-42-21-22(43(64-42)65-44(24)62-40)28(50)34(56)33(55)27(21)49/h7-13H,1-6H3,(H2,58,59,60,61,62,63,64,65). The fourth-order valence-corrected chi connectivity index (χ4v) is 10.7. The Morgan fingerprint density at radius 2 is 0.742 bits per heavy atom. The van der Waals surface area contributed by atoms with Crippen LogP contribution in [0.25, 0.3) is 89.7 Å². The molecule has 2 aliphatic heterocycles. The second kappa shape index (κ2) is 16.3. The van der Waals surface area contributed by atoms with E-state index < -0.39 is 0 Å². The molecule has 0 spiro atoms. The Bertz CT molecular complexity index is 3650. The number of nitrogens with zero attached hydrogens (tertiary/aromatic N) is 6. The maximum absolute atomic E-state index is 7.45. The van der Waals surface area contributed by atoms with Crippen LogP contribution in [0.4, 0.5) is 0 Å². The number of nitrogens with one attached hydrogen (secondary N) is 2. The van der Waals surface area contributed by atoms with E-state index in [1.807, 2.05) is 36.4 Å². The number of fused-ring (bicyclic) bond motifs is 20. The van der Waals surface area contributed by atoms with Gasteiger partial charge >= 0.3 is 0 Å². The molecule has 2 N–H and O–H groups in total. The van der Waals surface area contributed by atoms with Crippen LogP contribution in [0.5, 0.6) is 11.5 Å². The molecule has 0 saturated heterocycles. The van der Waals surface area contributed by atoms with E-state index in [0.717, 1.165) is 11.1 Å².